The number of rotatable bonds is 4. The number of benzene rings is 2. The molecular formula is C20H14FN3O2. The highest BCUT2D eigenvalue weighted by Crippen LogP contribution is 2.20. The zero-order valence-electron chi connectivity index (χ0n) is 13.9. The summed E-state index contributed by atoms with van der Waals surface area (Å²) < 4.78 is 18.7. The minimum atomic E-state index is -0.734. The second-order valence-corrected chi connectivity index (χ2v) is 5.48. The molecule has 0 bridgehead atoms. The van der Waals surface area contributed by atoms with Crippen molar-refractivity contribution in [3.63, 3.8) is 0 Å². The van der Waals surface area contributed by atoms with Crippen molar-refractivity contribution in [3.05, 3.63) is 77.2 Å². The standard InChI is InChI=1S/C20H14FN3O2/c1-2-16-8-10-19(24-23-16)13-3-5-14(6-4-13)20(25)26-17-9-7-15(12-22)18(21)11-17/h3-11H,2H2,1H3. The number of esters is 1. The van der Waals surface area contributed by atoms with Crippen molar-refractivity contribution in [1.29, 1.82) is 5.26 Å². The largest absolute Gasteiger partial charge is 0.423 e. The van der Waals surface area contributed by atoms with Gasteiger partial charge in [0.2, 0.25) is 0 Å². The summed E-state index contributed by atoms with van der Waals surface area (Å²) >= 11 is 0. The lowest BCUT2D eigenvalue weighted by Gasteiger charge is -2.06. The summed E-state index contributed by atoms with van der Waals surface area (Å²) in [4.78, 5) is 12.2. The van der Waals surface area contributed by atoms with Crippen LogP contribution in [-0.4, -0.2) is 16.2 Å². The number of carbonyl (C=O) groups is 1. The molecule has 3 aromatic rings. The van der Waals surface area contributed by atoms with E-state index in [1.54, 1.807) is 30.3 Å². The predicted octanol–water partition coefficient (Wildman–Crippen LogP) is 3.94. The van der Waals surface area contributed by atoms with Gasteiger partial charge in [-0.05, 0) is 42.8 Å². The second-order valence-electron chi connectivity index (χ2n) is 5.48. The number of halogens is 1. The Bertz CT molecular complexity index is 977. The number of ether oxygens (including phenoxy) is 1. The van der Waals surface area contributed by atoms with E-state index in [9.17, 15) is 9.18 Å². The SMILES string of the molecule is CCc1ccc(-c2ccc(C(=O)Oc3ccc(C#N)c(F)c3)cc2)nn1. The topological polar surface area (TPSA) is 75.9 Å². The van der Waals surface area contributed by atoms with E-state index in [0.717, 1.165) is 23.7 Å². The number of hydrogen-bond donors (Lipinski definition) is 0. The first-order valence-corrected chi connectivity index (χ1v) is 7.95. The fraction of sp³-hybridized carbons (Fsp3) is 0.100. The summed E-state index contributed by atoms with van der Waals surface area (Å²) in [6.07, 6.45) is 0.813. The fourth-order valence-electron chi connectivity index (χ4n) is 2.30. The maximum absolute atomic E-state index is 13.6. The zero-order chi connectivity index (χ0) is 18.5. The average Bonchev–Trinajstić information content (AvgIpc) is 2.68. The molecule has 1 heterocycles. The summed E-state index contributed by atoms with van der Waals surface area (Å²) in [5.74, 6) is -1.31. The van der Waals surface area contributed by atoms with Crippen LogP contribution in [0.1, 0.15) is 28.5 Å². The normalized spacial score (nSPS) is 10.2. The van der Waals surface area contributed by atoms with Crippen LogP contribution < -0.4 is 4.74 Å². The van der Waals surface area contributed by atoms with E-state index in [1.165, 1.54) is 12.1 Å². The maximum atomic E-state index is 13.6. The quantitative estimate of drug-likeness (QED) is 0.528. The van der Waals surface area contributed by atoms with Gasteiger partial charge in [-0.25, -0.2) is 9.18 Å². The van der Waals surface area contributed by atoms with Crippen molar-refractivity contribution in [2.45, 2.75) is 13.3 Å². The number of nitriles is 1. The molecule has 0 spiro atoms. The molecule has 0 aliphatic heterocycles. The molecule has 2 aromatic carbocycles. The molecule has 0 radical (unpaired) electrons. The molecule has 6 heteroatoms. The van der Waals surface area contributed by atoms with Crippen LogP contribution in [0.5, 0.6) is 5.75 Å². The minimum Gasteiger partial charge on any atom is -0.423 e. The van der Waals surface area contributed by atoms with E-state index in [4.69, 9.17) is 10.00 Å². The molecule has 0 unspecified atom stereocenters. The van der Waals surface area contributed by atoms with Crippen LogP contribution in [0.2, 0.25) is 0 Å². The molecular weight excluding hydrogens is 333 g/mol. The van der Waals surface area contributed by atoms with Gasteiger partial charge in [-0.1, -0.05) is 19.1 Å². The molecule has 26 heavy (non-hydrogen) atoms. The molecule has 1 aromatic heterocycles. The van der Waals surface area contributed by atoms with Gasteiger partial charge in [0.15, 0.2) is 0 Å². The molecule has 0 N–H and O–H groups in total. The monoisotopic (exact) mass is 347 g/mol. The van der Waals surface area contributed by atoms with E-state index in [-0.39, 0.29) is 11.3 Å². The third-order valence-electron chi connectivity index (χ3n) is 3.77. The van der Waals surface area contributed by atoms with Crippen molar-refractivity contribution < 1.29 is 13.9 Å². The smallest absolute Gasteiger partial charge is 0.343 e. The van der Waals surface area contributed by atoms with E-state index < -0.39 is 11.8 Å². The lowest BCUT2D eigenvalue weighted by atomic mass is 10.1. The van der Waals surface area contributed by atoms with Crippen molar-refractivity contribution in [1.82, 2.24) is 10.2 Å². The van der Waals surface area contributed by atoms with Crippen LogP contribution >= 0.6 is 0 Å². The van der Waals surface area contributed by atoms with Crippen molar-refractivity contribution in [3.8, 4) is 23.1 Å². The lowest BCUT2D eigenvalue weighted by Crippen LogP contribution is -2.08. The molecule has 0 fully saturated rings. The van der Waals surface area contributed by atoms with Crippen molar-refractivity contribution >= 4 is 5.97 Å². The van der Waals surface area contributed by atoms with Crippen LogP contribution in [0.25, 0.3) is 11.3 Å². The highest BCUT2D eigenvalue weighted by atomic mass is 19.1. The molecule has 0 aliphatic carbocycles. The van der Waals surface area contributed by atoms with Gasteiger partial charge in [0.1, 0.15) is 17.6 Å². The lowest BCUT2D eigenvalue weighted by molar-refractivity contribution is 0.0734. The summed E-state index contributed by atoms with van der Waals surface area (Å²) in [6, 6.07) is 15.8. The summed E-state index contributed by atoms with van der Waals surface area (Å²) in [5, 5.41) is 17.0. The first-order valence-electron chi connectivity index (χ1n) is 7.95. The first kappa shape index (κ1) is 17.2. The first-order chi connectivity index (χ1) is 12.6. The van der Waals surface area contributed by atoms with Crippen LogP contribution in [0.15, 0.2) is 54.6 Å². The van der Waals surface area contributed by atoms with Gasteiger partial charge in [-0.2, -0.15) is 15.5 Å². The number of aryl methyl sites for hydroxylation is 1. The van der Waals surface area contributed by atoms with Crippen molar-refractivity contribution in [2.24, 2.45) is 0 Å². The molecule has 0 saturated carbocycles. The Hall–Kier alpha value is -3.59. The van der Waals surface area contributed by atoms with E-state index >= 15 is 0 Å². The number of aromatic nitrogens is 2. The van der Waals surface area contributed by atoms with Gasteiger partial charge in [-0.3, -0.25) is 0 Å². The Kier molecular flexibility index (Phi) is 4.99. The summed E-state index contributed by atoms with van der Waals surface area (Å²) in [6.45, 7) is 2.00. The molecule has 0 atom stereocenters. The Balaban J connectivity index is 1.74. The van der Waals surface area contributed by atoms with Gasteiger partial charge < -0.3 is 4.74 Å². The molecule has 5 nitrogen and oxygen atoms in total. The highest BCUT2D eigenvalue weighted by Gasteiger charge is 2.11. The second kappa shape index (κ2) is 7.53. The Labute approximate surface area is 149 Å². The van der Waals surface area contributed by atoms with Gasteiger partial charge in [0.25, 0.3) is 0 Å². The molecule has 3 rings (SSSR count). The van der Waals surface area contributed by atoms with E-state index in [2.05, 4.69) is 10.2 Å². The van der Waals surface area contributed by atoms with E-state index in [0.29, 0.717) is 11.3 Å². The third kappa shape index (κ3) is 3.73. The minimum absolute atomic E-state index is 0.0385. The highest BCUT2D eigenvalue weighted by molar-refractivity contribution is 5.91. The maximum Gasteiger partial charge on any atom is 0.343 e. The number of nitrogens with zero attached hydrogens (tertiary/aromatic N) is 3. The Morgan fingerprint density at radius 2 is 1.88 bits per heavy atom. The van der Waals surface area contributed by atoms with Gasteiger partial charge in [0.05, 0.1) is 22.5 Å². The third-order valence-corrected chi connectivity index (χ3v) is 3.77. The predicted molar refractivity (Wildman–Crippen MR) is 92.9 cm³/mol. The van der Waals surface area contributed by atoms with Crippen LogP contribution in [-0.2, 0) is 6.42 Å². The molecule has 0 saturated heterocycles. The van der Waals surface area contributed by atoms with Gasteiger partial charge in [0, 0.05) is 11.6 Å². The van der Waals surface area contributed by atoms with E-state index in [1.807, 2.05) is 19.1 Å². The zero-order valence-corrected chi connectivity index (χ0v) is 13.9. The number of hydrogen-bond acceptors (Lipinski definition) is 5. The average molecular weight is 347 g/mol. The summed E-state index contributed by atoms with van der Waals surface area (Å²) in [5.41, 5.74) is 2.64. The molecule has 128 valence electrons. The van der Waals surface area contributed by atoms with Gasteiger partial charge in [-0.15, -0.1) is 0 Å². The van der Waals surface area contributed by atoms with Gasteiger partial charge >= 0.3 is 5.97 Å². The van der Waals surface area contributed by atoms with Crippen LogP contribution in [0.3, 0.4) is 0 Å². The fourth-order valence-corrected chi connectivity index (χ4v) is 2.30. The van der Waals surface area contributed by atoms with Crippen LogP contribution in [0.4, 0.5) is 4.39 Å². The molecule has 0 amide bonds. The van der Waals surface area contributed by atoms with Crippen LogP contribution in [0, 0.1) is 17.1 Å². The number of carbonyl (C=O) groups excluding carboxylic acids is 1. The molecule has 0 aliphatic rings. The Morgan fingerprint density at radius 1 is 1.12 bits per heavy atom. The summed E-state index contributed by atoms with van der Waals surface area (Å²) in [7, 11) is 0. The van der Waals surface area contributed by atoms with Crippen molar-refractivity contribution in [2.75, 3.05) is 0 Å². The Morgan fingerprint density at radius 3 is 2.46 bits per heavy atom.